The molecule has 4 rings (SSSR count). The number of hydrogen-bond donors (Lipinski definition) is 1. The molecule has 0 bridgehead atoms. The maximum atomic E-state index is 13.5. The second-order valence-corrected chi connectivity index (χ2v) is 8.49. The zero-order chi connectivity index (χ0) is 22.3. The molecule has 1 atom stereocenters. The fourth-order valence-corrected chi connectivity index (χ4v) is 4.56. The van der Waals surface area contributed by atoms with Crippen molar-refractivity contribution in [1.29, 1.82) is 0 Å². The van der Waals surface area contributed by atoms with E-state index in [1.807, 2.05) is 70.2 Å². The highest BCUT2D eigenvalue weighted by Crippen LogP contribution is 2.44. The largest absolute Gasteiger partial charge is 0.375 e. The molecule has 3 aromatic rings. The third-order valence-electron chi connectivity index (χ3n) is 6.48. The van der Waals surface area contributed by atoms with Gasteiger partial charge in [-0.05, 0) is 61.6 Å². The normalized spacial score (nSPS) is 17.7. The molecule has 158 valence electrons. The summed E-state index contributed by atoms with van der Waals surface area (Å²) in [6, 6.07) is 18.9. The Bertz CT molecular complexity index is 1160. The van der Waals surface area contributed by atoms with Crippen LogP contribution in [0.5, 0.6) is 0 Å². The van der Waals surface area contributed by atoms with E-state index in [-0.39, 0.29) is 12.2 Å². The van der Waals surface area contributed by atoms with Crippen LogP contribution < -0.4 is 4.90 Å². The van der Waals surface area contributed by atoms with Gasteiger partial charge in [0.2, 0.25) is 0 Å². The number of nitrogens with zero attached hydrogens (tertiary/aromatic N) is 1. The average Bonchev–Trinajstić information content (AvgIpc) is 2.95. The molecule has 0 unspecified atom stereocenters. The van der Waals surface area contributed by atoms with Gasteiger partial charge >= 0.3 is 0 Å². The van der Waals surface area contributed by atoms with Gasteiger partial charge < -0.3 is 10.0 Å². The lowest BCUT2D eigenvalue weighted by atomic mass is 9.84. The van der Waals surface area contributed by atoms with E-state index >= 15 is 0 Å². The molecule has 3 aromatic carbocycles. The van der Waals surface area contributed by atoms with Gasteiger partial charge in [0.15, 0.2) is 11.4 Å². The Labute approximate surface area is 183 Å². The van der Waals surface area contributed by atoms with Crippen molar-refractivity contribution in [2.45, 2.75) is 46.3 Å². The fourth-order valence-electron chi connectivity index (χ4n) is 4.56. The minimum atomic E-state index is -1.88. The number of carbonyl (C=O) groups is 2. The van der Waals surface area contributed by atoms with Crippen LogP contribution in [0.4, 0.5) is 5.69 Å². The van der Waals surface area contributed by atoms with Crippen molar-refractivity contribution in [3.8, 4) is 0 Å². The van der Waals surface area contributed by atoms with Crippen LogP contribution >= 0.6 is 0 Å². The van der Waals surface area contributed by atoms with Crippen molar-refractivity contribution < 1.29 is 14.7 Å². The average molecular weight is 414 g/mol. The summed E-state index contributed by atoms with van der Waals surface area (Å²) in [7, 11) is 0. The van der Waals surface area contributed by atoms with E-state index in [1.165, 1.54) is 0 Å². The molecule has 1 N–H and O–H groups in total. The first-order valence-corrected chi connectivity index (χ1v) is 10.5. The molecule has 0 fully saturated rings. The van der Waals surface area contributed by atoms with E-state index < -0.39 is 11.5 Å². The number of Topliss-reactive ketones (excluding diaryl/α,β-unsaturated/α-hetero) is 1. The van der Waals surface area contributed by atoms with E-state index in [0.29, 0.717) is 23.4 Å². The van der Waals surface area contributed by atoms with Crippen molar-refractivity contribution in [1.82, 2.24) is 0 Å². The molecular weight excluding hydrogens is 386 g/mol. The number of hydrogen-bond acceptors (Lipinski definition) is 3. The zero-order valence-corrected chi connectivity index (χ0v) is 18.4. The van der Waals surface area contributed by atoms with Gasteiger partial charge in [-0.15, -0.1) is 0 Å². The number of anilines is 1. The third kappa shape index (κ3) is 3.47. The molecule has 0 saturated heterocycles. The number of benzene rings is 3. The monoisotopic (exact) mass is 413 g/mol. The molecule has 0 saturated carbocycles. The minimum absolute atomic E-state index is 0.214. The highest BCUT2D eigenvalue weighted by Gasteiger charge is 2.51. The maximum absolute atomic E-state index is 13.5. The molecule has 1 aliphatic rings. The lowest BCUT2D eigenvalue weighted by molar-refractivity contribution is -0.136. The van der Waals surface area contributed by atoms with Crippen LogP contribution in [0.1, 0.15) is 50.2 Å². The SMILES string of the molecule is Cc1cc(C)c(C)c(C(=O)C[C@@]2(O)C(=O)N(Cc3ccccc3)c3ccccc32)c1C. The van der Waals surface area contributed by atoms with Gasteiger partial charge in [0.1, 0.15) is 0 Å². The number of fused-ring (bicyclic) bond motifs is 1. The van der Waals surface area contributed by atoms with Crippen molar-refractivity contribution in [3.63, 3.8) is 0 Å². The van der Waals surface area contributed by atoms with Crippen LogP contribution in [0.3, 0.4) is 0 Å². The Hall–Kier alpha value is -3.24. The van der Waals surface area contributed by atoms with E-state index in [0.717, 1.165) is 27.8 Å². The van der Waals surface area contributed by atoms with Crippen LogP contribution in [0.25, 0.3) is 0 Å². The highest BCUT2D eigenvalue weighted by atomic mass is 16.3. The smallest absolute Gasteiger partial charge is 0.264 e. The zero-order valence-electron chi connectivity index (χ0n) is 18.4. The molecule has 0 spiro atoms. The van der Waals surface area contributed by atoms with Crippen molar-refractivity contribution in [2.75, 3.05) is 4.90 Å². The van der Waals surface area contributed by atoms with Gasteiger partial charge in [-0.1, -0.05) is 54.6 Å². The van der Waals surface area contributed by atoms with Gasteiger partial charge in [-0.3, -0.25) is 9.59 Å². The highest BCUT2D eigenvalue weighted by molar-refractivity contribution is 6.11. The van der Waals surface area contributed by atoms with E-state index in [2.05, 4.69) is 6.07 Å². The molecule has 0 radical (unpaired) electrons. The molecule has 1 amide bonds. The first-order valence-electron chi connectivity index (χ1n) is 10.5. The van der Waals surface area contributed by atoms with Crippen LogP contribution in [-0.2, 0) is 16.9 Å². The number of aryl methyl sites for hydroxylation is 2. The number of aliphatic hydroxyl groups is 1. The van der Waals surface area contributed by atoms with Gasteiger partial charge in [-0.25, -0.2) is 0 Å². The topological polar surface area (TPSA) is 57.6 Å². The van der Waals surface area contributed by atoms with Crippen LogP contribution in [0.15, 0.2) is 60.7 Å². The number of amides is 1. The van der Waals surface area contributed by atoms with Crippen LogP contribution in [0.2, 0.25) is 0 Å². The van der Waals surface area contributed by atoms with Gasteiger partial charge in [0.25, 0.3) is 5.91 Å². The molecule has 31 heavy (non-hydrogen) atoms. The van der Waals surface area contributed by atoms with Crippen molar-refractivity contribution in [3.05, 3.63) is 99.6 Å². The van der Waals surface area contributed by atoms with Gasteiger partial charge in [-0.2, -0.15) is 0 Å². The van der Waals surface area contributed by atoms with Crippen LogP contribution in [-0.4, -0.2) is 16.8 Å². The van der Waals surface area contributed by atoms with Gasteiger partial charge in [0.05, 0.1) is 18.7 Å². The quantitative estimate of drug-likeness (QED) is 0.604. The van der Waals surface area contributed by atoms with E-state index in [1.54, 1.807) is 17.0 Å². The molecule has 1 aliphatic heterocycles. The van der Waals surface area contributed by atoms with Gasteiger partial charge in [0, 0.05) is 11.1 Å². The Morgan fingerprint density at radius 2 is 1.48 bits per heavy atom. The van der Waals surface area contributed by atoms with Crippen LogP contribution in [0, 0.1) is 27.7 Å². The van der Waals surface area contributed by atoms with E-state index in [9.17, 15) is 14.7 Å². The summed E-state index contributed by atoms with van der Waals surface area (Å²) in [6.07, 6.45) is -0.279. The third-order valence-corrected chi connectivity index (χ3v) is 6.48. The lowest BCUT2D eigenvalue weighted by Gasteiger charge is -2.24. The number of carbonyl (C=O) groups excluding carboxylic acids is 2. The number of para-hydroxylation sites is 1. The Morgan fingerprint density at radius 1 is 0.903 bits per heavy atom. The summed E-state index contributed by atoms with van der Waals surface area (Å²) in [4.78, 5) is 28.5. The predicted molar refractivity (Wildman–Crippen MR) is 122 cm³/mol. The lowest BCUT2D eigenvalue weighted by Crippen LogP contribution is -2.41. The summed E-state index contributed by atoms with van der Waals surface area (Å²) < 4.78 is 0. The molecule has 0 aromatic heterocycles. The summed E-state index contributed by atoms with van der Waals surface area (Å²) in [5.74, 6) is -0.667. The molecule has 1 heterocycles. The van der Waals surface area contributed by atoms with E-state index in [4.69, 9.17) is 0 Å². The fraction of sp³-hybridized carbons (Fsp3) is 0.259. The molecule has 0 aliphatic carbocycles. The summed E-state index contributed by atoms with van der Waals surface area (Å²) >= 11 is 0. The number of ketones is 1. The second kappa shape index (κ2) is 7.78. The predicted octanol–water partition coefficient (Wildman–Crippen LogP) is 4.93. The summed E-state index contributed by atoms with van der Waals surface area (Å²) in [5.41, 5.74) is 4.70. The maximum Gasteiger partial charge on any atom is 0.264 e. The first kappa shape index (κ1) is 21.0. The minimum Gasteiger partial charge on any atom is -0.375 e. The number of rotatable bonds is 5. The Balaban J connectivity index is 1.73. The standard InChI is InChI=1S/C27H27NO3/c1-17-14-18(2)20(4)25(19(17)3)24(29)15-27(31)22-12-8-9-13-23(22)28(26(27)30)16-21-10-6-5-7-11-21/h5-14,31H,15-16H2,1-4H3/t27-/m0/s1. The van der Waals surface area contributed by atoms with Crippen molar-refractivity contribution in [2.24, 2.45) is 0 Å². The molecule has 4 heteroatoms. The molecular formula is C27H27NO3. The van der Waals surface area contributed by atoms with Crippen molar-refractivity contribution >= 4 is 17.4 Å². The summed E-state index contributed by atoms with van der Waals surface area (Å²) in [5, 5.41) is 11.6. The second-order valence-electron chi connectivity index (χ2n) is 8.49. The first-order chi connectivity index (χ1) is 14.7. The Morgan fingerprint density at radius 3 is 2.13 bits per heavy atom. The summed E-state index contributed by atoms with van der Waals surface area (Å²) in [6.45, 7) is 8.14. The Kier molecular flexibility index (Phi) is 5.28. The molecule has 4 nitrogen and oxygen atoms in total.